The second kappa shape index (κ2) is 7.41. The highest BCUT2D eigenvalue weighted by Gasteiger charge is 2.07. The number of esters is 1. The maximum absolute atomic E-state index is 11.2. The fourth-order valence-corrected chi connectivity index (χ4v) is 1.38. The van der Waals surface area contributed by atoms with Crippen LogP contribution in [0.4, 0.5) is 0 Å². The molecular weight excluding hydrogens is 236 g/mol. The second-order valence-electron chi connectivity index (χ2n) is 3.60. The third kappa shape index (κ3) is 4.94. The topological polar surface area (TPSA) is 90.7 Å². The summed E-state index contributed by atoms with van der Waals surface area (Å²) >= 11 is 0. The first-order valence-corrected chi connectivity index (χ1v) is 5.40. The first kappa shape index (κ1) is 14.1. The minimum atomic E-state index is -0.551. The highest BCUT2D eigenvalue weighted by Crippen LogP contribution is 2.09. The van der Waals surface area contributed by atoms with Crippen LogP contribution in [0, 0.1) is 0 Å². The Labute approximate surface area is 105 Å². The van der Waals surface area contributed by atoms with Crippen molar-refractivity contribution in [3.63, 3.8) is 0 Å². The Morgan fingerprint density at radius 3 is 2.56 bits per heavy atom. The van der Waals surface area contributed by atoms with Crippen molar-refractivity contribution >= 4 is 11.9 Å². The van der Waals surface area contributed by atoms with Gasteiger partial charge < -0.3 is 10.5 Å². The highest BCUT2D eigenvalue weighted by molar-refractivity contribution is 5.75. The molecule has 0 radical (unpaired) electrons. The van der Waals surface area contributed by atoms with E-state index in [4.69, 9.17) is 10.6 Å². The fraction of sp³-hybridized carbons (Fsp3) is 0.333. The Morgan fingerprint density at radius 2 is 1.94 bits per heavy atom. The number of ether oxygens (including phenoxy) is 1. The zero-order valence-electron chi connectivity index (χ0n) is 10.1. The largest absolute Gasteiger partial charge is 0.469 e. The summed E-state index contributed by atoms with van der Waals surface area (Å²) in [4.78, 5) is 26.5. The van der Waals surface area contributed by atoms with E-state index in [1.54, 1.807) is 0 Å². The van der Waals surface area contributed by atoms with Gasteiger partial charge in [0, 0.05) is 6.54 Å². The lowest BCUT2D eigenvalue weighted by atomic mass is 10.1. The van der Waals surface area contributed by atoms with Gasteiger partial charge in [0.1, 0.15) is 6.61 Å². The van der Waals surface area contributed by atoms with Gasteiger partial charge in [-0.15, -0.1) is 0 Å². The molecule has 0 aliphatic rings. The zero-order valence-corrected chi connectivity index (χ0v) is 10.1. The Morgan fingerprint density at radius 1 is 1.28 bits per heavy atom. The number of amides is 1. The molecule has 0 aromatic heterocycles. The van der Waals surface area contributed by atoms with Gasteiger partial charge in [-0.1, -0.05) is 24.3 Å². The first-order chi connectivity index (χ1) is 8.63. The maximum Gasteiger partial charge on any atom is 0.309 e. The van der Waals surface area contributed by atoms with E-state index in [9.17, 15) is 9.59 Å². The molecule has 6 heteroatoms. The van der Waals surface area contributed by atoms with Crippen LogP contribution in [0.15, 0.2) is 24.3 Å². The van der Waals surface area contributed by atoms with Gasteiger partial charge in [0.25, 0.3) is 0 Å². The number of carbonyl (C=O) groups excluding carboxylic acids is 2. The minimum absolute atomic E-state index is 0.195. The summed E-state index contributed by atoms with van der Waals surface area (Å²) in [6.07, 6.45) is 0.199. The monoisotopic (exact) mass is 252 g/mol. The van der Waals surface area contributed by atoms with E-state index in [2.05, 4.69) is 10.2 Å². The van der Waals surface area contributed by atoms with Crippen molar-refractivity contribution in [2.24, 2.45) is 5.73 Å². The summed E-state index contributed by atoms with van der Waals surface area (Å²) in [7, 11) is 1.35. The number of benzene rings is 1. The molecule has 1 rings (SSSR count). The molecule has 0 atom stereocenters. The van der Waals surface area contributed by atoms with E-state index in [0.29, 0.717) is 6.54 Å². The Kier molecular flexibility index (Phi) is 5.83. The van der Waals surface area contributed by atoms with E-state index in [1.165, 1.54) is 7.11 Å². The predicted octanol–water partition coefficient (Wildman–Crippen LogP) is -0.0914. The molecule has 18 heavy (non-hydrogen) atoms. The number of methoxy groups -OCH3 is 1. The van der Waals surface area contributed by atoms with Crippen LogP contribution in [0.2, 0.25) is 0 Å². The third-order valence-electron chi connectivity index (χ3n) is 2.26. The normalized spacial score (nSPS) is 10.1. The first-order valence-electron chi connectivity index (χ1n) is 5.40. The van der Waals surface area contributed by atoms with Gasteiger partial charge in [-0.2, -0.15) is 5.48 Å². The molecule has 0 saturated heterocycles. The zero-order chi connectivity index (χ0) is 13.4. The van der Waals surface area contributed by atoms with E-state index >= 15 is 0 Å². The van der Waals surface area contributed by atoms with Crippen molar-refractivity contribution in [2.75, 3.05) is 13.7 Å². The molecule has 3 N–H and O–H groups in total. The number of hydrogen-bond acceptors (Lipinski definition) is 5. The molecule has 0 heterocycles. The number of hydroxylamine groups is 1. The number of hydrogen-bond donors (Lipinski definition) is 2. The Hall–Kier alpha value is -1.92. The van der Waals surface area contributed by atoms with Crippen LogP contribution in [-0.2, 0) is 32.1 Å². The SMILES string of the molecule is COC(=O)Cc1ccccc1CNOCC(N)=O. The van der Waals surface area contributed by atoms with Gasteiger partial charge in [-0.25, -0.2) is 0 Å². The molecule has 1 amide bonds. The van der Waals surface area contributed by atoms with Crippen molar-refractivity contribution in [1.29, 1.82) is 0 Å². The number of carbonyl (C=O) groups is 2. The Balaban J connectivity index is 2.53. The van der Waals surface area contributed by atoms with E-state index in [-0.39, 0.29) is 19.0 Å². The fourth-order valence-electron chi connectivity index (χ4n) is 1.38. The summed E-state index contributed by atoms with van der Waals surface area (Å²) in [6, 6.07) is 7.39. The summed E-state index contributed by atoms with van der Waals surface area (Å²) in [5, 5.41) is 0. The third-order valence-corrected chi connectivity index (χ3v) is 2.26. The minimum Gasteiger partial charge on any atom is -0.469 e. The molecule has 0 unspecified atom stereocenters. The summed E-state index contributed by atoms with van der Waals surface area (Å²) in [5.41, 5.74) is 9.27. The van der Waals surface area contributed by atoms with E-state index < -0.39 is 5.91 Å². The molecule has 0 bridgehead atoms. The lowest BCUT2D eigenvalue weighted by Crippen LogP contribution is -2.25. The lowest BCUT2D eigenvalue weighted by Gasteiger charge is -2.09. The number of nitrogens with one attached hydrogen (secondary N) is 1. The Bertz CT molecular complexity index is 420. The molecule has 0 aliphatic heterocycles. The predicted molar refractivity (Wildman–Crippen MR) is 64.1 cm³/mol. The second-order valence-corrected chi connectivity index (χ2v) is 3.60. The molecule has 0 aliphatic carbocycles. The molecule has 0 saturated carbocycles. The van der Waals surface area contributed by atoms with Gasteiger partial charge in [-0.05, 0) is 11.1 Å². The van der Waals surface area contributed by atoms with Gasteiger partial charge in [0.15, 0.2) is 0 Å². The van der Waals surface area contributed by atoms with Crippen LogP contribution in [0.5, 0.6) is 0 Å². The molecule has 0 spiro atoms. The van der Waals surface area contributed by atoms with Crippen LogP contribution >= 0.6 is 0 Å². The van der Waals surface area contributed by atoms with Crippen LogP contribution in [-0.4, -0.2) is 25.6 Å². The van der Waals surface area contributed by atoms with E-state index in [1.807, 2.05) is 24.3 Å². The summed E-state index contributed by atoms with van der Waals surface area (Å²) < 4.78 is 4.61. The van der Waals surface area contributed by atoms with Gasteiger partial charge in [0.2, 0.25) is 5.91 Å². The van der Waals surface area contributed by atoms with Crippen molar-refractivity contribution in [2.45, 2.75) is 13.0 Å². The van der Waals surface area contributed by atoms with Crippen molar-refractivity contribution in [3.8, 4) is 0 Å². The lowest BCUT2D eigenvalue weighted by molar-refractivity contribution is -0.139. The maximum atomic E-state index is 11.2. The standard InChI is InChI=1S/C12H16N2O4/c1-17-12(16)6-9-4-2-3-5-10(9)7-14-18-8-11(13)15/h2-5,14H,6-8H2,1H3,(H2,13,15). The summed E-state index contributed by atoms with van der Waals surface area (Å²) in [5.74, 6) is -0.856. The molecule has 1 aromatic rings. The molecular formula is C12H16N2O4. The summed E-state index contributed by atoms with van der Waals surface area (Å²) in [6.45, 7) is 0.180. The quantitative estimate of drug-likeness (QED) is 0.402. The van der Waals surface area contributed by atoms with Crippen LogP contribution in [0.3, 0.4) is 0 Å². The van der Waals surface area contributed by atoms with Crippen molar-refractivity contribution in [1.82, 2.24) is 5.48 Å². The number of primary amides is 1. The highest BCUT2D eigenvalue weighted by atomic mass is 16.6. The molecule has 6 nitrogen and oxygen atoms in total. The molecule has 98 valence electrons. The number of nitrogens with two attached hydrogens (primary N) is 1. The molecule has 0 fully saturated rings. The average Bonchev–Trinajstić information content (AvgIpc) is 2.36. The van der Waals surface area contributed by atoms with Gasteiger partial charge in [-0.3, -0.25) is 14.4 Å². The van der Waals surface area contributed by atoms with Crippen LogP contribution in [0.1, 0.15) is 11.1 Å². The van der Waals surface area contributed by atoms with E-state index in [0.717, 1.165) is 11.1 Å². The van der Waals surface area contributed by atoms with Crippen LogP contribution < -0.4 is 11.2 Å². The smallest absolute Gasteiger partial charge is 0.309 e. The average molecular weight is 252 g/mol. The van der Waals surface area contributed by atoms with Gasteiger partial charge >= 0.3 is 5.97 Å². The van der Waals surface area contributed by atoms with Crippen LogP contribution in [0.25, 0.3) is 0 Å². The number of rotatable bonds is 7. The van der Waals surface area contributed by atoms with Gasteiger partial charge in [0.05, 0.1) is 13.5 Å². The van der Waals surface area contributed by atoms with Crippen molar-refractivity contribution in [3.05, 3.63) is 35.4 Å². The molecule has 1 aromatic carbocycles. The van der Waals surface area contributed by atoms with Crippen molar-refractivity contribution < 1.29 is 19.2 Å².